The van der Waals surface area contributed by atoms with Gasteiger partial charge in [-0.3, -0.25) is 9.59 Å². The van der Waals surface area contributed by atoms with E-state index in [2.05, 4.69) is 43.4 Å². The molecule has 160 valence electrons. The highest BCUT2D eigenvalue weighted by atomic mass is 16.3. The van der Waals surface area contributed by atoms with Crippen molar-refractivity contribution >= 4 is 23.4 Å². The molecule has 0 bridgehead atoms. The Bertz CT molecular complexity index is 1100. The number of nitrogens with one attached hydrogen (secondary N) is 1. The van der Waals surface area contributed by atoms with Crippen LogP contribution in [0.1, 0.15) is 31.7 Å². The Kier molecular flexibility index (Phi) is 6.21. The third-order valence-corrected chi connectivity index (χ3v) is 5.54. The summed E-state index contributed by atoms with van der Waals surface area (Å²) in [5.41, 5.74) is 2.79. The van der Waals surface area contributed by atoms with Crippen LogP contribution in [0.15, 0.2) is 54.9 Å². The normalized spacial score (nSPS) is 18.3. The summed E-state index contributed by atoms with van der Waals surface area (Å²) in [7, 11) is 0. The average Bonchev–Trinajstić information content (AvgIpc) is 3.41. The first-order valence-corrected chi connectivity index (χ1v) is 10.3. The van der Waals surface area contributed by atoms with E-state index in [4.69, 9.17) is 9.90 Å². The lowest BCUT2D eigenvalue weighted by Gasteiger charge is -2.31. The second kappa shape index (κ2) is 9.38. The van der Waals surface area contributed by atoms with Crippen LogP contribution in [0.2, 0.25) is 0 Å². The van der Waals surface area contributed by atoms with Gasteiger partial charge in [-0.05, 0) is 56.0 Å². The monoisotopic (exact) mass is 420 g/mol. The fraction of sp³-hybridized carbons (Fsp3) is 0.318. The molecule has 1 saturated carbocycles. The second-order valence-electron chi connectivity index (χ2n) is 7.54. The Labute approximate surface area is 179 Å². The first-order valence-electron chi connectivity index (χ1n) is 10.3. The SMILES string of the molecule is O=C(Cn1nc2ccccc2n1)NC1CCC(n2cccc3ccnc2-3)CC1.O=CO. The molecule has 3 heterocycles. The van der Waals surface area contributed by atoms with Crippen molar-refractivity contribution < 1.29 is 14.7 Å². The molecule has 1 aliphatic carbocycles. The largest absolute Gasteiger partial charge is 0.483 e. The van der Waals surface area contributed by atoms with Gasteiger partial charge in [0, 0.05) is 30.0 Å². The highest BCUT2D eigenvalue weighted by molar-refractivity contribution is 5.77. The number of carbonyl (C=O) groups excluding carboxylic acids is 1. The predicted molar refractivity (Wildman–Crippen MR) is 115 cm³/mol. The quantitative estimate of drug-likeness (QED) is 0.491. The van der Waals surface area contributed by atoms with Gasteiger partial charge in [-0.2, -0.15) is 15.0 Å². The molecule has 1 amide bonds. The van der Waals surface area contributed by atoms with E-state index >= 15 is 0 Å². The van der Waals surface area contributed by atoms with E-state index in [1.807, 2.05) is 36.5 Å². The third kappa shape index (κ3) is 4.71. The number of benzene rings is 1. The minimum Gasteiger partial charge on any atom is -0.483 e. The molecule has 0 saturated heterocycles. The predicted octanol–water partition coefficient (Wildman–Crippen LogP) is 2.73. The van der Waals surface area contributed by atoms with E-state index in [-0.39, 0.29) is 25.0 Å². The number of carboxylic acid groups (broad SMARTS) is 1. The van der Waals surface area contributed by atoms with Gasteiger partial charge in [-0.1, -0.05) is 12.1 Å². The van der Waals surface area contributed by atoms with Crippen molar-refractivity contribution in [1.82, 2.24) is 29.9 Å². The van der Waals surface area contributed by atoms with Gasteiger partial charge < -0.3 is 15.0 Å². The first-order chi connectivity index (χ1) is 15.2. The summed E-state index contributed by atoms with van der Waals surface area (Å²) in [6.45, 7) is -0.0971. The van der Waals surface area contributed by atoms with E-state index in [9.17, 15) is 4.79 Å². The Morgan fingerprint density at radius 2 is 1.74 bits per heavy atom. The second-order valence-corrected chi connectivity index (χ2v) is 7.54. The van der Waals surface area contributed by atoms with Crippen LogP contribution in [0.4, 0.5) is 0 Å². The van der Waals surface area contributed by atoms with Gasteiger partial charge in [0.1, 0.15) is 23.4 Å². The summed E-state index contributed by atoms with van der Waals surface area (Å²) in [5.74, 6) is 1.02. The fourth-order valence-corrected chi connectivity index (χ4v) is 4.16. The van der Waals surface area contributed by atoms with E-state index in [1.165, 1.54) is 10.4 Å². The van der Waals surface area contributed by atoms with E-state index < -0.39 is 0 Å². The average molecular weight is 420 g/mol. The summed E-state index contributed by atoms with van der Waals surface area (Å²) in [6, 6.07) is 14.5. The minimum absolute atomic E-state index is 0.0313. The van der Waals surface area contributed by atoms with Gasteiger partial charge in [0.05, 0.1) is 0 Å². The molecule has 3 aliphatic rings. The molecule has 9 heteroatoms. The van der Waals surface area contributed by atoms with Crippen LogP contribution in [0, 0.1) is 0 Å². The number of fused-ring (bicyclic) bond motifs is 2. The maximum atomic E-state index is 12.4. The first kappa shape index (κ1) is 20.5. The number of nitrogens with zero attached hydrogens (tertiary/aromatic N) is 5. The Morgan fingerprint density at radius 3 is 2.42 bits per heavy atom. The highest BCUT2D eigenvalue weighted by Gasteiger charge is 2.25. The topological polar surface area (TPSA) is 115 Å². The molecule has 1 aromatic heterocycles. The van der Waals surface area contributed by atoms with Crippen LogP contribution in [-0.2, 0) is 16.1 Å². The van der Waals surface area contributed by atoms with Crippen molar-refractivity contribution in [3.05, 3.63) is 54.9 Å². The lowest BCUT2D eigenvalue weighted by Crippen LogP contribution is -2.40. The molecule has 31 heavy (non-hydrogen) atoms. The van der Waals surface area contributed by atoms with Gasteiger partial charge in [0.15, 0.2) is 0 Å². The molecule has 2 aliphatic heterocycles. The van der Waals surface area contributed by atoms with Gasteiger partial charge in [0.2, 0.25) is 5.91 Å². The van der Waals surface area contributed by atoms with Crippen LogP contribution < -0.4 is 5.32 Å². The van der Waals surface area contributed by atoms with Gasteiger partial charge in [0.25, 0.3) is 6.47 Å². The van der Waals surface area contributed by atoms with Crippen molar-refractivity contribution in [2.45, 2.75) is 44.3 Å². The van der Waals surface area contributed by atoms with Crippen molar-refractivity contribution in [3.63, 3.8) is 0 Å². The molecule has 1 fully saturated rings. The third-order valence-electron chi connectivity index (χ3n) is 5.54. The molecule has 9 nitrogen and oxygen atoms in total. The lowest BCUT2D eigenvalue weighted by molar-refractivity contribution is -0.123. The summed E-state index contributed by atoms with van der Waals surface area (Å²) in [5, 5.41) is 18.8. The van der Waals surface area contributed by atoms with Crippen LogP contribution in [0.3, 0.4) is 0 Å². The summed E-state index contributed by atoms with van der Waals surface area (Å²) >= 11 is 0. The fourth-order valence-electron chi connectivity index (χ4n) is 4.16. The molecule has 0 atom stereocenters. The lowest BCUT2D eigenvalue weighted by atomic mass is 9.90. The minimum atomic E-state index is -0.250. The van der Waals surface area contributed by atoms with Crippen LogP contribution in [0.25, 0.3) is 22.4 Å². The summed E-state index contributed by atoms with van der Waals surface area (Å²) in [4.78, 5) is 26.8. The molecule has 0 unspecified atom stereocenters. The maximum absolute atomic E-state index is 12.4. The summed E-state index contributed by atoms with van der Waals surface area (Å²) in [6.07, 6.45) is 7.98. The van der Waals surface area contributed by atoms with Crippen LogP contribution in [-0.4, -0.2) is 48.1 Å². The zero-order valence-corrected chi connectivity index (χ0v) is 17.0. The molecule has 2 aromatic rings. The number of hydrogen-bond donors (Lipinski definition) is 2. The highest BCUT2D eigenvalue weighted by Crippen LogP contribution is 2.32. The number of amides is 1. The summed E-state index contributed by atoms with van der Waals surface area (Å²) < 4.78 is 2.28. The van der Waals surface area contributed by atoms with Crippen molar-refractivity contribution in [2.75, 3.05) is 0 Å². The number of rotatable bonds is 4. The number of hydrogen-bond acceptors (Lipinski definition) is 5. The maximum Gasteiger partial charge on any atom is 0.290 e. The molecule has 0 radical (unpaired) electrons. The molecule has 1 aromatic carbocycles. The molecule has 5 rings (SSSR count). The molecule has 0 spiro atoms. The van der Waals surface area contributed by atoms with Gasteiger partial charge in [-0.25, -0.2) is 4.98 Å². The molecular formula is C22H24N6O3. The van der Waals surface area contributed by atoms with Crippen LogP contribution >= 0.6 is 0 Å². The van der Waals surface area contributed by atoms with E-state index in [0.29, 0.717) is 6.04 Å². The van der Waals surface area contributed by atoms with Crippen molar-refractivity contribution in [1.29, 1.82) is 0 Å². The number of aromatic nitrogens is 5. The zero-order chi connectivity index (χ0) is 21.6. The van der Waals surface area contributed by atoms with Gasteiger partial charge >= 0.3 is 0 Å². The molecular weight excluding hydrogens is 396 g/mol. The smallest absolute Gasteiger partial charge is 0.290 e. The van der Waals surface area contributed by atoms with Crippen molar-refractivity contribution in [2.24, 2.45) is 0 Å². The van der Waals surface area contributed by atoms with Crippen LogP contribution in [0.5, 0.6) is 0 Å². The molecule has 2 N–H and O–H groups in total. The van der Waals surface area contributed by atoms with E-state index in [0.717, 1.165) is 42.5 Å². The Hall–Kier alpha value is -3.75. The number of pyridine rings is 1. The van der Waals surface area contributed by atoms with Gasteiger partial charge in [-0.15, -0.1) is 0 Å². The zero-order valence-electron chi connectivity index (χ0n) is 17.0. The Morgan fingerprint density at radius 1 is 1.06 bits per heavy atom. The standard InChI is InChI=1S/C21H22N6O.CH2O2/c28-20(14-27-24-18-5-1-2-6-19(18)25-27)23-16-7-9-17(10-8-16)26-13-3-4-15-11-12-22-21(15)26;2-1-3/h1-6,11-13,16-17H,7-10,14H2,(H,23,28);1H,(H,2,3). The van der Waals surface area contributed by atoms with E-state index in [1.54, 1.807) is 0 Å². The Balaban J connectivity index is 0.000000730. The number of carbonyl (C=O) groups is 2. The van der Waals surface area contributed by atoms with Crippen molar-refractivity contribution in [3.8, 4) is 11.4 Å².